The van der Waals surface area contributed by atoms with Gasteiger partial charge in [0, 0.05) is 28.3 Å². The number of nitrogens with zero attached hydrogens (tertiary/aromatic N) is 1. The molecule has 3 aromatic rings. The lowest BCUT2D eigenvalue weighted by Gasteiger charge is -2.25. The Labute approximate surface area is 205 Å². The first-order chi connectivity index (χ1) is 16.3. The molecule has 0 fully saturated rings. The van der Waals surface area contributed by atoms with E-state index in [0.717, 1.165) is 33.7 Å². The summed E-state index contributed by atoms with van der Waals surface area (Å²) >= 11 is 6.19. The van der Waals surface area contributed by atoms with Gasteiger partial charge in [-0.3, -0.25) is 4.79 Å². The fourth-order valence-electron chi connectivity index (χ4n) is 3.51. The molecule has 34 heavy (non-hydrogen) atoms. The SMILES string of the molecule is COC(=O)/C=C/c1cccc(N(Cc2ccc(-c3cc(Cl)ccc3OC)cc2)C(=O)C(C)C)c1. The average molecular weight is 478 g/mol. The van der Waals surface area contributed by atoms with Crippen molar-refractivity contribution in [2.45, 2.75) is 20.4 Å². The van der Waals surface area contributed by atoms with Gasteiger partial charge in [-0.2, -0.15) is 0 Å². The zero-order valence-corrected chi connectivity index (χ0v) is 20.5. The smallest absolute Gasteiger partial charge is 0.330 e. The van der Waals surface area contributed by atoms with Crippen molar-refractivity contribution in [3.05, 3.63) is 89.0 Å². The zero-order chi connectivity index (χ0) is 24.7. The molecular formula is C28H28ClNO4. The Bertz CT molecular complexity index is 1190. The maximum absolute atomic E-state index is 13.1. The number of halogens is 1. The Balaban J connectivity index is 1.89. The Kier molecular flexibility index (Phi) is 8.50. The molecule has 3 rings (SSSR count). The molecule has 0 aromatic heterocycles. The van der Waals surface area contributed by atoms with E-state index >= 15 is 0 Å². The lowest BCUT2D eigenvalue weighted by molar-refractivity contribution is -0.134. The van der Waals surface area contributed by atoms with E-state index in [1.54, 1.807) is 24.2 Å². The van der Waals surface area contributed by atoms with E-state index in [9.17, 15) is 9.59 Å². The molecular weight excluding hydrogens is 450 g/mol. The third-order valence-corrected chi connectivity index (χ3v) is 5.56. The fraction of sp³-hybridized carbons (Fsp3) is 0.214. The molecule has 0 aliphatic heterocycles. The minimum Gasteiger partial charge on any atom is -0.496 e. The van der Waals surface area contributed by atoms with Crippen molar-refractivity contribution in [2.24, 2.45) is 5.92 Å². The predicted molar refractivity (Wildman–Crippen MR) is 137 cm³/mol. The van der Waals surface area contributed by atoms with E-state index in [1.165, 1.54) is 13.2 Å². The van der Waals surface area contributed by atoms with Gasteiger partial charge in [0.15, 0.2) is 0 Å². The van der Waals surface area contributed by atoms with Crippen molar-refractivity contribution >= 4 is 35.2 Å². The summed E-state index contributed by atoms with van der Waals surface area (Å²) < 4.78 is 10.1. The van der Waals surface area contributed by atoms with Crippen LogP contribution in [-0.2, 0) is 20.9 Å². The van der Waals surface area contributed by atoms with Gasteiger partial charge in [-0.1, -0.05) is 61.8 Å². The number of anilines is 1. The number of ether oxygens (including phenoxy) is 2. The average Bonchev–Trinajstić information content (AvgIpc) is 2.85. The van der Waals surface area contributed by atoms with Crippen LogP contribution in [0.2, 0.25) is 5.02 Å². The number of hydrogen-bond donors (Lipinski definition) is 0. The highest BCUT2D eigenvalue weighted by Crippen LogP contribution is 2.33. The minimum atomic E-state index is -0.433. The Hall–Kier alpha value is -3.57. The van der Waals surface area contributed by atoms with Gasteiger partial charge in [0.1, 0.15) is 5.75 Å². The van der Waals surface area contributed by atoms with Gasteiger partial charge >= 0.3 is 5.97 Å². The van der Waals surface area contributed by atoms with E-state index in [0.29, 0.717) is 11.6 Å². The molecule has 1 amide bonds. The number of benzene rings is 3. The zero-order valence-electron chi connectivity index (χ0n) is 19.7. The van der Waals surface area contributed by atoms with Gasteiger partial charge in [0.05, 0.1) is 20.8 Å². The topological polar surface area (TPSA) is 55.8 Å². The number of hydrogen-bond acceptors (Lipinski definition) is 4. The van der Waals surface area contributed by atoms with Gasteiger partial charge in [-0.15, -0.1) is 0 Å². The third kappa shape index (κ3) is 6.27. The molecule has 0 aliphatic carbocycles. The van der Waals surface area contributed by atoms with Gasteiger partial charge < -0.3 is 14.4 Å². The molecule has 176 valence electrons. The molecule has 0 saturated heterocycles. The molecule has 5 nitrogen and oxygen atoms in total. The van der Waals surface area contributed by atoms with Crippen molar-refractivity contribution in [3.63, 3.8) is 0 Å². The molecule has 0 bridgehead atoms. The summed E-state index contributed by atoms with van der Waals surface area (Å²) in [5.74, 6) is 0.140. The molecule has 0 N–H and O–H groups in total. The molecule has 0 aliphatic rings. The molecule has 6 heteroatoms. The molecule has 0 saturated carbocycles. The number of rotatable bonds is 8. The highest BCUT2D eigenvalue weighted by molar-refractivity contribution is 6.31. The van der Waals surface area contributed by atoms with E-state index in [1.807, 2.05) is 74.5 Å². The first-order valence-electron chi connectivity index (χ1n) is 10.9. The van der Waals surface area contributed by atoms with E-state index in [4.69, 9.17) is 16.3 Å². The van der Waals surface area contributed by atoms with Crippen LogP contribution < -0.4 is 9.64 Å². The summed E-state index contributed by atoms with van der Waals surface area (Å²) in [6.45, 7) is 4.17. The lowest BCUT2D eigenvalue weighted by atomic mass is 10.0. The molecule has 0 unspecified atom stereocenters. The van der Waals surface area contributed by atoms with Crippen LogP contribution in [0, 0.1) is 5.92 Å². The van der Waals surface area contributed by atoms with Crippen molar-refractivity contribution < 1.29 is 19.1 Å². The van der Waals surface area contributed by atoms with Crippen LogP contribution in [0.25, 0.3) is 17.2 Å². The summed E-state index contributed by atoms with van der Waals surface area (Å²) in [6.07, 6.45) is 3.02. The Morgan fingerprint density at radius 3 is 2.38 bits per heavy atom. The second-order valence-corrected chi connectivity index (χ2v) is 8.51. The lowest BCUT2D eigenvalue weighted by Crippen LogP contribution is -2.33. The third-order valence-electron chi connectivity index (χ3n) is 5.32. The van der Waals surface area contributed by atoms with Crippen molar-refractivity contribution in [3.8, 4) is 16.9 Å². The monoisotopic (exact) mass is 477 g/mol. The van der Waals surface area contributed by atoms with Gasteiger partial charge in [-0.05, 0) is 53.1 Å². The standard InChI is InChI=1S/C28H28ClNO4/c1-19(2)28(32)30(24-7-5-6-20(16-24)10-15-27(31)34-4)18-21-8-11-22(12-9-21)25-17-23(29)13-14-26(25)33-3/h5-17,19H,18H2,1-4H3/b15-10+. The van der Waals surface area contributed by atoms with Crippen LogP contribution in [0.4, 0.5) is 5.69 Å². The number of carbonyl (C=O) groups excluding carboxylic acids is 2. The Morgan fingerprint density at radius 1 is 1.00 bits per heavy atom. The Morgan fingerprint density at radius 2 is 1.74 bits per heavy atom. The number of amides is 1. The first kappa shape index (κ1) is 25.1. The van der Waals surface area contributed by atoms with E-state index in [-0.39, 0.29) is 11.8 Å². The maximum atomic E-state index is 13.1. The van der Waals surface area contributed by atoms with Crippen molar-refractivity contribution in [1.82, 2.24) is 0 Å². The number of esters is 1. The summed E-state index contributed by atoms with van der Waals surface area (Å²) in [5, 5.41) is 0.634. The highest BCUT2D eigenvalue weighted by atomic mass is 35.5. The minimum absolute atomic E-state index is 0.00897. The largest absolute Gasteiger partial charge is 0.496 e. The number of carbonyl (C=O) groups is 2. The normalized spacial score (nSPS) is 11.0. The first-order valence-corrected chi connectivity index (χ1v) is 11.3. The molecule has 0 radical (unpaired) electrons. The molecule has 0 spiro atoms. The molecule has 3 aromatic carbocycles. The van der Waals surface area contributed by atoms with Crippen LogP contribution in [0.15, 0.2) is 72.8 Å². The summed E-state index contributed by atoms with van der Waals surface area (Å²) in [7, 11) is 2.96. The second kappa shape index (κ2) is 11.5. The molecule has 0 atom stereocenters. The summed E-state index contributed by atoms with van der Waals surface area (Å²) in [5.41, 5.74) is 4.41. The van der Waals surface area contributed by atoms with Gasteiger partial charge in [0.25, 0.3) is 0 Å². The van der Waals surface area contributed by atoms with E-state index in [2.05, 4.69) is 4.74 Å². The predicted octanol–water partition coefficient (Wildman–Crippen LogP) is 6.39. The maximum Gasteiger partial charge on any atom is 0.330 e. The van der Waals surface area contributed by atoms with Crippen LogP contribution in [0.3, 0.4) is 0 Å². The summed E-state index contributed by atoms with van der Waals surface area (Å²) in [4.78, 5) is 26.3. The van der Waals surface area contributed by atoms with Crippen molar-refractivity contribution in [2.75, 3.05) is 19.1 Å². The fourth-order valence-corrected chi connectivity index (χ4v) is 3.69. The quantitative estimate of drug-likeness (QED) is 0.278. The van der Waals surface area contributed by atoms with Crippen LogP contribution >= 0.6 is 11.6 Å². The summed E-state index contributed by atoms with van der Waals surface area (Å²) in [6, 6.07) is 21.0. The van der Waals surface area contributed by atoms with Crippen LogP contribution in [0.5, 0.6) is 5.75 Å². The van der Waals surface area contributed by atoms with Gasteiger partial charge in [0.2, 0.25) is 5.91 Å². The van der Waals surface area contributed by atoms with Crippen LogP contribution in [-0.4, -0.2) is 26.1 Å². The number of methoxy groups -OCH3 is 2. The van der Waals surface area contributed by atoms with Crippen LogP contribution in [0.1, 0.15) is 25.0 Å². The second-order valence-electron chi connectivity index (χ2n) is 8.07. The van der Waals surface area contributed by atoms with Crippen molar-refractivity contribution in [1.29, 1.82) is 0 Å². The highest BCUT2D eigenvalue weighted by Gasteiger charge is 2.20. The van der Waals surface area contributed by atoms with E-state index < -0.39 is 5.97 Å². The van der Waals surface area contributed by atoms with Gasteiger partial charge in [-0.25, -0.2) is 4.79 Å². The molecule has 0 heterocycles.